The SMILES string of the molecule is CCCCCCC(=O)NN=C(C)c1c(O)n(-c2ccc(OC)cc2)c(=O)[nH]c1=O. The van der Waals surface area contributed by atoms with Gasteiger partial charge in [0.05, 0.1) is 18.5 Å². The molecular formula is C20H26N4O5. The lowest BCUT2D eigenvalue weighted by molar-refractivity contribution is -0.121. The van der Waals surface area contributed by atoms with Gasteiger partial charge in [-0.1, -0.05) is 26.2 Å². The number of aromatic nitrogens is 2. The highest BCUT2D eigenvalue weighted by atomic mass is 16.5. The summed E-state index contributed by atoms with van der Waals surface area (Å²) in [5.41, 5.74) is 0.996. The Labute approximate surface area is 168 Å². The summed E-state index contributed by atoms with van der Waals surface area (Å²) < 4.78 is 6.02. The van der Waals surface area contributed by atoms with E-state index in [9.17, 15) is 19.5 Å². The summed E-state index contributed by atoms with van der Waals surface area (Å²) in [5.74, 6) is -0.271. The molecule has 0 radical (unpaired) electrons. The van der Waals surface area contributed by atoms with Gasteiger partial charge >= 0.3 is 5.69 Å². The van der Waals surface area contributed by atoms with Crippen LogP contribution >= 0.6 is 0 Å². The summed E-state index contributed by atoms with van der Waals surface area (Å²) in [7, 11) is 1.51. The van der Waals surface area contributed by atoms with Crippen LogP contribution in [-0.2, 0) is 4.79 Å². The molecule has 1 amide bonds. The van der Waals surface area contributed by atoms with Crippen LogP contribution in [-0.4, -0.2) is 33.4 Å². The maximum atomic E-state index is 12.2. The number of nitrogens with one attached hydrogen (secondary N) is 2. The average Bonchev–Trinajstić information content (AvgIpc) is 2.69. The summed E-state index contributed by atoms with van der Waals surface area (Å²) in [6.07, 6.45) is 4.17. The molecule has 3 N–H and O–H groups in total. The van der Waals surface area contributed by atoms with Gasteiger partial charge in [-0.2, -0.15) is 5.10 Å². The van der Waals surface area contributed by atoms with E-state index in [0.29, 0.717) is 17.9 Å². The van der Waals surface area contributed by atoms with Gasteiger partial charge in [0, 0.05) is 6.42 Å². The second kappa shape index (κ2) is 10.3. The Kier molecular flexibility index (Phi) is 7.76. The summed E-state index contributed by atoms with van der Waals surface area (Å²) >= 11 is 0. The largest absolute Gasteiger partial charge is 0.497 e. The molecule has 0 bridgehead atoms. The highest BCUT2D eigenvalue weighted by Gasteiger charge is 2.18. The van der Waals surface area contributed by atoms with E-state index in [1.165, 1.54) is 14.0 Å². The van der Waals surface area contributed by atoms with Crippen LogP contribution in [0.25, 0.3) is 5.69 Å². The highest BCUT2D eigenvalue weighted by Crippen LogP contribution is 2.19. The second-order valence-electron chi connectivity index (χ2n) is 6.53. The number of amides is 1. The number of hydrazone groups is 1. The summed E-state index contributed by atoms with van der Waals surface area (Å²) in [4.78, 5) is 38.5. The smallest absolute Gasteiger partial charge is 0.335 e. The summed E-state index contributed by atoms with van der Waals surface area (Å²) in [6.45, 7) is 3.55. The van der Waals surface area contributed by atoms with Gasteiger partial charge in [-0.05, 0) is 37.6 Å². The number of methoxy groups -OCH3 is 1. The number of unbranched alkanes of at least 4 members (excludes halogenated alkanes) is 3. The first-order valence-electron chi connectivity index (χ1n) is 9.45. The van der Waals surface area contributed by atoms with Crippen LogP contribution in [0.4, 0.5) is 0 Å². The van der Waals surface area contributed by atoms with Gasteiger partial charge in [0.2, 0.25) is 11.8 Å². The van der Waals surface area contributed by atoms with Gasteiger partial charge in [-0.15, -0.1) is 0 Å². The molecule has 2 aromatic rings. The minimum Gasteiger partial charge on any atom is -0.497 e. The first kappa shape index (κ1) is 21.9. The zero-order valence-corrected chi connectivity index (χ0v) is 16.8. The van der Waals surface area contributed by atoms with Gasteiger partial charge in [-0.3, -0.25) is 14.6 Å². The molecule has 0 aliphatic rings. The number of benzene rings is 1. The molecule has 0 saturated heterocycles. The Morgan fingerprint density at radius 2 is 1.90 bits per heavy atom. The number of carbonyl (C=O) groups is 1. The fourth-order valence-electron chi connectivity index (χ4n) is 2.79. The van der Waals surface area contributed by atoms with Crippen molar-refractivity contribution in [1.82, 2.24) is 15.0 Å². The van der Waals surface area contributed by atoms with Crippen molar-refractivity contribution >= 4 is 11.6 Å². The number of nitrogens with zero attached hydrogens (tertiary/aromatic N) is 2. The van der Waals surface area contributed by atoms with Crippen LogP contribution in [0.3, 0.4) is 0 Å². The molecule has 0 aliphatic carbocycles. The maximum Gasteiger partial charge on any atom is 0.335 e. The molecule has 1 aromatic heterocycles. The van der Waals surface area contributed by atoms with Crippen molar-refractivity contribution in [3.05, 3.63) is 50.7 Å². The van der Waals surface area contributed by atoms with E-state index < -0.39 is 17.1 Å². The molecule has 1 aromatic carbocycles. The molecule has 2 rings (SSSR count). The van der Waals surface area contributed by atoms with Crippen LogP contribution < -0.4 is 21.4 Å². The second-order valence-corrected chi connectivity index (χ2v) is 6.53. The molecule has 156 valence electrons. The third kappa shape index (κ3) is 5.56. The standard InChI is InChI=1S/C20H26N4O5/c1-4-5-6-7-8-16(25)23-22-13(2)17-18(26)21-20(28)24(19(17)27)14-9-11-15(29-3)12-10-14/h9-12,27H,4-8H2,1-3H3,(H,23,25)(H,21,26,28). The molecule has 0 fully saturated rings. The van der Waals surface area contributed by atoms with Gasteiger partial charge in [0.25, 0.3) is 5.56 Å². The lowest BCUT2D eigenvalue weighted by atomic mass is 10.1. The predicted molar refractivity (Wildman–Crippen MR) is 110 cm³/mol. The van der Waals surface area contributed by atoms with E-state index in [-0.39, 0.29) is 17.2 Å². The third-order valence-electron chi connectivity index (χ3n) is 4.38. The molecule has 9 heteroatoms. The zero-order chi connectivity index (χ0) is 21.4. The van der Waals surface area contributed by atoms with E-state index in [0.717, 1.165) is 30.3 Å². The quantitative estimate of drug-likeness (QED) is 0.336. The number of hydrogen-bond donors (Lipinski definition) is 3. The molecular weight excluding hydrogens is 376 g/mol. The fourth-order valence-corrected chi connectivity index (χ4v) is 2.79. The van der Waals surface area contributed by atoms with Crippen LogP contribution in [0.1, 0.15) is 51.5 Å². The van der Waals surface area contributed by atoms with Gasteiger partial charge < -0.3 is 9.84 Å². The van der Waals surface area contributed by atoms with E-state index in [4.69, 9.17) is 4.74 Å². The third-order valence-corrected chi connectivity index (χ3v) is 4.38. The number of aromatic amines is 1. The number of H-pyrrole nitrogens is 1. The van der Waals surface area contributed by atoms with Crippen molar-refractivity contribution in [3.63, 3.8) is 0 Å². The summed E-state index contributed by atoms with van der Waals surface area (Å²) in [6, 6.07) is 6.36. The molecule has 1 heterocycles. The Hall–Kier alpha value is -3.36. The molecule has 0 unspecified atom stereocenters. The molecule has 0 aliphatic heterocycles. The summed E-state index contributed by atoms with van der Waals surface area (Å²) in [5, 5.41) is 14.5. The first-order valence-corrected chi connectivity index (χ1v) is 9.45. The first-order chi connectivity index (χ1) is 13.9. The van der Waals surface area contributed by atoms with Crippen LogP contribution in [0.2, 0.25) is 0 Å². The van der Waals surface area contributed by atoms with Crippen molar-refractivity contribution in [2.45, 2.75) is 46.0 Å². The zero-order valence-electron chi connectivity index (χ0n) is 16.8. The average molecular weight is 402 g/mol. The van der Waals surface area contributed by atoms with E-state index in [1.54, 1.807) is 24.3 Å². The van der Waals surface area contributed by atoms with E-state index in [1.807, 2.05) is 0 Å². The van der Waals surface area contributed by atoms with Crippen LogP contribution in [0, 0.1) is 0 Å². The number of aromatic hydroxyl groups is 1. The maximum absolute atomic E-state index is 12.2. The van der Waals surface area contributed by atoms with E-state index in [2.05, 4.69) is 22.4 Å². The molecule has 0 spiro atoms. The Morgan fingerprint density at radius 3 is 2.52 bits per heavy atom. The van der Waals surface area contributed by atoms with Crippen molar-refractivity contribution in [2.24, 2.45) is 5.10 Å². The molecule has 0 saturated carbocycles. The van der Waals surface area contributed by atoms with Crippen molar-refractivity contribution in [3.8, 4) is 17.3 Å². The predicted octanol–water partition coefficient (Wildman–Crippen LogP) is 2.05. The number of hydrogen-bond acceptors (Lipinski definition) is 6. The Balaban J connectivity index is 2.29. The van der Waals surface area contributed by atoms with Crippen molar-refractivity contribution in [1.29, 1.82) is 0 Å². The minimum absolute atomic E-state index is 0.0768. The van der Waals surface area contributed by atoms with Crippen molar-refractivity contribution in [2.75, 3.05) is 7.11 Å². The van der Waals surface area contributed by atoms with Gasteiger partial charge in [0.1, 0.15) is 11.3 Å². The topological polar surface area (TPSA) is 126 Å². The highest BCUT2D eigenvalue weighted by molar-refractivity contribution is 6.00. The Morgan fingerprint density at radius 1 is 1.21 bits per heavy atom. The number of carbonyl (C=O) groups excluding carboxylic acids is 1. The molecule has 0 atom stereocenters. The number of ether oxygens (including phenoxy) is 1. The van der Waals surface area contributed by atoms with Crippen LogP contribution in [0.15, 0.2) is 39.0 Å². The normalized spacial score (nSPS) is 11.3. The lowest BCUT2D eigenvalue weighted by Gasteiger charge is -2.12. The van der Waals surface area contributed by atoms with Crippen LogP contribution in [0.5, 0.6) is 11.6 Å². The monoisotopic (exact) mass is 402 g/mol. The van der Waals surface area contributed by atoms with Gasteiger partial charge in [0.15, 0.2) is 0 Å². The van der Waals surface area contributed by atoms with Gasteiger partial charge in [-0.25, -0.2) is 14.8 Å². The fraction of sp³-hybridized carbons (Fsp3) is 0.400. The van der Waals surface area contributed by atoms with E-state index >= 15 is 0 Å². The molecule has 29 heavy (non-hydrogen) atoms. The molecule has 9 nitrogen and oxygen atoms in total. The number of rotatable bonds is 9. The minimum atomic E-state index is -0.797. The Bertz CT molecular complexity index is 989. The lowest BCUT2D eigenvalue weighted by Crippen LogP contribution is -2.33. The van der Waals surface area contributed by atoms with Crippen molar-refractivity contribution < 1.29 is 14.6 Å².